The highest BCUT2D eigenvalue weighted by atomic mass is 35.5. The summed E-state index contributed by atoms with van der Waals surface area (Å²) in [5.74, 6) is -0.626. The Morgan fingerprint density at radius 3 is 1.19 bits per heavy atom. The molecular weight excluding hydrogens is 542 g/mol. The molecule has 8 heteroatoms. The van der Waals surface area contributed by atoms with E-state index in [0.717, 1.165) is 5.56 Å². The largest absolute Gasteiger partial charge is 0.506 e. The third-order valence-corrected chi connectivity index (χ3v) is 7.73. The van der Waals surface area contributed by atoms with E-state index >= 15 is 0 Å². The van der Waals surface area contributed by atoms with E-state index in [1.165, 1.54) is 24.3 Å². The third-order valence-electron chi connectivity index (χ3n) is 6.51. The molecule has 0 radical (unpaired) electrons. The van der Waals surface area contributed by atoms with Crippen molar-refractivity contribution in [3.8, 4) is 23.0 Å². The summed E-state index contributed by atoms with van der Waals surface area (Å²) in [7, 11) is 0. The highest BCUT2D eigenvalue weighted by Crippen LogP contribution is 2.54. The van der Waals surface area contributed by atoms with Crippen LogP contribution in [0.2, 0.25) is 20.1 Å². The summed E-state index contributed by atoms with van der Waals surface area (Å²) in [5, 5.41) is 41.3. The first kappa shape index (κ1) is 26.3. The molecule has 0 aromatic heterocycles. The molecule has 0 saturated carbocycles. The minimum Gasteiger partial charge on any atom is -0.506 e. The maximum atomic E-state index is 10.2. The molecule has 4 nitrogen and oxygen atoms in total. The van der Waals surface area contributed by atoms with Crippen LogP contribution in [0.25, 0.3) is 0 Å². The van der Waals surface area contributed by atoms with E-state index in [1.54, 1.807) is 48.5 Å². The molecule has 0 heterocycles. The Bertz CT molecular complexity index is 1310. The second-order valence-electron chi connectivity index (χ2n) is 8.48. The molecule has 0 amide bonds. The predicted octanol–water partition coefficient (Wildman–Crippen LogP) is 8.65. The summed E-state index contributed by atoms with van der Waals surface area (Å²) in [5.41, 5.74) is 1.86. The Morgan fingerprint density at radius 2 is 0.889 bits per heavy atom. The number of benzene rings is 4. The lowest BCUT2D eigenvalue weighted by molar-refractivity contribution is 0.450. The molecule has 4 aromatic rings. The first-order valence-corrected chi connectivity index (χ1v) is 12.6. The second-order valence-corrected chi connectivity index (χ2v) is 10.1. The standard InChI is InChI=1S/C28H22Cl4O4/c1-2-19(15-3-7-24(33)20(29)11-15)28(16-4-8-25(34)21(30)12-16,17-5-9-26(35)22(31)13-17)18-6-10-27(36)23(32)14-18/h3-14,19,33-36H,2H2,1H3. The van der Waals surface area contributed by atoms with Crippen molar-refractivity contribution < 1.29 is 20.4 Å². The van der Waals surface area contributed by atoms with E-state index in [-0.39, 0.29) is 49.0 Å². The van der Waals surface area contributed by atoms with Crippen molar-refractivity contribution in [2.75, 3.05) is 0 Å². The van der Waals surface area contributed by atoms with Crippen LogP contribution in [0.1, 0.15) is 41.5 Å². The van der Waals surface area contributed by atoms with Crippen LogP contribution in [0.15, 0.2) is 72.8 Å². The van der Waals surface area contributed by atoms with Crippen LogP contribution in [-0.4, -0.2) is 20.4 Å². The molecule has 0 aliphatic heterocycles. The van der Waals surface area contributed by atoms with E-state index in [4.69, 9.17) is 46.4 Å². The number of halogens is 4. The summed E-state index contributed by atoms with van der Waals surface area (Å²) in [6.45, 7) is 2.01. The highest BCUT2D eigenvalue weighted by Gasteiger charge is 2.45. The summed E-state index contributed by atoms with van der Waals surface area (Å²) < 4.78 is 0. The van der Waals surface area contributed by atoms with E-state index in [9.17, 15) is 20.4 Å². The minimum absolute atomic E-state index is 0.0473. The number of phenols is 4. The quantitative estimate of drug-likeness (QED) is 0.177. The van der Waals surface area contributed by atoms with Crippen LogP contribution in [0, 0.1) is 0 Å². The van der Waals surface area contributed by atoms with Crippen molar-refractivity contribution in [2.24, 2.45) is 0 Å². The van der Waals surface area contributed by atoms with E-state index in [0.29, 0.717) is 23.1 Å². The molecule has 1 unspecified atom stereocenters. The van der Waals surface area contributed by atoms with Gasteiger partial charge in [0.1, 0.15) is 23.0 Å². The van der Waals surface area contributed by atoms with Crippen molar-refractivity contribution in [3.63, 3.8) is 0 Å². The Balaban J connectivity index is 2.20. The maximum Gasteiger partial charge on any atom is 0.134 e. The minimum atomic E-state index is -1.04. The Labute approximate surface area is 228 Å². The molecule has 4 N–H and O–H groups in total. The zero-order valence-electron chi connectivity index (χ0n) is 19.0. The molecule has 4 aromatic carbocycles. The van der Waals surface area contributed by atoms with Gasteiger partial charge >= 0.3 is 0 Å². The van der Waals surface area contributed by atoms with Gasteiger partial charge in [0.25, 0.3) is 0 Å². The van der Waals surface area contributed by atoms with Crippen LogP contribution >= 0.6 is 46.4 Å². The number of rotatable bonds is 6. The zero-order valence-corrected chi connectivity index (χ0v) is 22.0. The van der Waals surface area contributed by atoms with Gasteiger partial charge in [0.05, 0.1) is 25.5 Å². The van der Waals surface area contributed by atoms with Crippen LogP contribution in [0.5, 0.6) is 23.0 Å². The molecule has 0 spiro atoms. The molecule has 0 fully saturated rings. The lowest BCUT2D eigenvalue weighted by Crippen LogP contribution is -2.36. The Kier molecular flexibility index (Phi) is 7.53. The monoisotopic (exact) mass is 562 g/mol. The van der Waals surface area contributed by atoms with Crippen molar-refractivity contribution in [1.82, 2.24) is 0 Å². The van der Waals surface area contributed by atoms with Crippen LogP contribution in [0.4, 0.5) is 0 Å². The third kappa shape index (κ3) is 4.55. The highest BCUT2D eigenvalue weighted by molar-refractivity contribution is 6.33. The van der Waals surface area contributed by atoms with Crippen LogP contribution in [-0.2, 0) is 5.41 Å². The molecule has 186 valence electrons. The summed E-state index contributed by atoms with van der Waals surface area (Å²) in [6, 6.07) is 19.8. The first-order valence-electron chi connectivity index (χ1n) is 11.0. The van der Waals surface area contributed by atoms with E-state index in [2.05, 4.69) is 0 Å². The summed E-state index contributed by atoms with van der Waals surface area (Å²) in [4.78, 5) is 0. The van der Waals surface area contributed by atoms with E-state index in [1.807, 2.05) is 6.92 Å². The fraction of sp³-hybridized carbons (Fsp3) is 0.143. The topological polar surface area (TPSA) is 80.9 Å². The molecule has 0 aliphatic carbocycles. The second kappa shape index (κ2) is 10.3. The van der Waals surface area contributed by atoms with Crippen molar-refractivity contribution in [1.29, 1.82) is 0 Å². The fourth-order valence-corrected chi connectivity index (χ4v) is 5.62. The van der Waals surface area contributed by atoms with Gasteiger partial charge in [-0.15, -0.1) is 0 Å². The van der Waals surface area contributed by atoms with Gasteiger partial charge in [-0.3, -0.25) is 0 Å². The van der Waals surface area contributed by atoms with Gasteiger partial charge in [0, 0.05) is 5.92 Å². The van der Waals surface area contributed by atoms with Crippen molar-refractivity contribution >= 4 is 46.4 Å². The molecule has 0 aliphatic rings. The van der Waals surface area contributed by atoms with Gasteiger partial charge in [-0.05, 0) is 77.2 Å². The van der Waals surface area contributed by atoms with E-state index < -0.39 is 5.41 Å². The molecule has 36 heavy (non-hydrogen) atoms. The Hall–Kier alpha value is -2.76. The van der Waals surface area contributed by atoms with Gasteiger partial charge < -0.3 is 20.4 Å². The number of hydrogen-bond acceptors (Lipinski definition) is 4. The lowest BCUT2D eigenvalue weighted by Gasteiger charge is -2.43. The van der Waals surface area contributed by atoms with Gasteiger partial charge in [-0.25, -0.2) is 0 Å². The van der Waals surface area contributed by atoms with Gasteiger partial charge in [-0.1, -0.05) is 77.6 Å². The molecule has 0 saturated heterocycles. The lowest BCUT2D eigenvalue weighted by atomic mass is 9.59. The van der Waals surface area contributed by atoms with Crippen molar-refractivity contribution in [2.45, 2.75) is 24.7 Å². The number of hydrogen-bond donors (Lipinski definition) is 4. The average molecular weight is 564 g/mol. The van der Waals surface area contributed by atoms with Gasteiger partial charge in [0.15, 0.2) is 0 Å². The van der Waals surface area contributed by atoms with Gasteiger partial charge in [-0.2, -0.15) is 0 Å². The smallest absolute Gasteiger partial charge is 0.134 e. The van der Waals surface area contributed by atoms with Crippen LogP contribution < -0.4 is 0 Å². The summed E-state index contributed by atoms with van der Waals surface area (Å²) >= 11 is 25.6. The SMILES string of the molecule is CCC(c1ccc(O)c(Cl)c1)C(c1ccc(O)c(Cl)c1)(c1ccc(O)c(Cl)c1)c1ccc(O)c(Cl)c1. The molecule has 4 rings (SSSR count). The van der Waals surface area contributed by atoms with Crippen molar-refractivity contribution in [3.05, 3.63) is 115 Å². The van der Waals surface area contributed by atoms with Crippen LogP contribution in [0.3, 0.4) is 0 Å². The van der Waals surface area contributed by atoms with Gasteiger partial charge in [0.2, 0.25) is 0 Å². The normalized spacial score (nSPS) is 12.5. The number of phenolic OH excluding ortho intramolecular Hbond substituents is 4. The summed E-state index contributed by atoms with van der Waals surface area (Å²) in [6.07, 6.45) is 0.580. The first-order chi connectivity index (χ1) is 17.1. The zero-order chi connectivity index (χ0) is 26.2. The number of aromatic hydroxyl groups is 4. The Morgan fingerprint density at radius 1 is 0.556 bits per heavy atom. The fourth-order valence-electron chi connectivity index (χ4n) is 4.89. The predicted molar refractivity (Wildman–Crippen MR) is 145 cm³/mol. The molecule has 1 atom stereocenters. The molecular formula is C28H22Cl4O4. The average Bonchev–Trinajstić information content (AvgIpc) is 2.85. The molecule has 0 bridgehead atoms. The maximum absolute atomic E-state index is 10.2.